The number of likely N-dealkylation sites (tertiary alicyclic amines) is 1. The zero-order chi connectivity index (χ0) is 18.9. The normalized spacial score (nSPS) is 17.4. The summed E-state index contributed by atoms with van der Waals surface area (Å²) in [4.78, 5) is 23.3. The highest BCUT2D eigenvalue weighted by Crippen LogP contribution is 2.36. The smallest absolute Gasteiger partial charge is 0.223 e. The molecule has 1 saturated heterocycles. The minimum atomic E-state index is 0.126. The molecule has 3 heterocycles. The van der Waals surface area contributed by atoms with Gasteiger partial charge in [0.25, 0.3) is 0 Å². The number of hydrogen-bond donors (Lipinski definition) is 1. The minimum absolute atomic E-state index is 0.126. The fourth-order valence-electron chi connectivity index (χ4n) is 4.24. The van der Waals surface area contributed by atoms with Crippen LogP contribution in [-0.2, 0) is 11.2 Å². The Morgan fingerprint density at radius 3 is 2.93 bits per heavy atom. The maximum Gasteiger partial charge on any atom is 0.223 e. The van der Waals surface area contributed by atoms with E-state index in [0.29, 0.717) is 6.42 Å². The van der Waals surface area contributed by atoms with Gasteiger partial charge in [-0.3, -0.25) is 4.79 Å². The van der Waals surface area contributed by atoms with Gasteiger partial charge in [-0.05, 0) is 49.4 Å². The molecule has 2 aromatic heterocycles. The van der Waals surface area contributed by atoms with Crippen molar-refractivity contribution in [3.05, 3.63) is 65.3 Å². The monoisotopic (exact) mass is 389 g/mol. The summed E-state index contributed by atoms with van der Waals surface area (Å²) in [5, 5.41) is 2.30. The van der Waals surface area contributed by atoms with Crippen LogP contribution >= 0.6 is 11.3 Å². The summed E-state index contributed by atoms with van der Waals surface area (Å²) in [6, 6.07) is 16.7. The van der Waals surface area contributed by atoms with Gasteiger partial charge in [-0.2, -0.15) is 0 Å². The number of amides is 1. The Balaban J connectivity index is 1.34. The minimum Gasteiger partial charge on any atom is -0.361 e. The van der Waals surface area contributed by atoms with Crippen LogP contribution in [-0.4, -0.2) is 27.3 Å². The molecule has 5 rings (SSSR count). The number of para-hydroxylation sites is 2. The molecule has 4 aromatic rings. The fraction of sp³-hybridized carbons (Fsp3) is 0.304. The Labute approximate surface area is 168 Å². The van der Waals surface area contributed by atoms with Gasteiger partial charge in [0.2, 0.25) is 5.91 Å². The Bertz CT molecular complexity index is 1100. The number of piperidine rings is 1. The first-order valence-electron chi connectivity index (χ1n) is 9.99. The topological polar surface area (TPSA) is 49.0 Å². The fourth-order valence-corrected chi connectivity index (χ4v) is 5.36. The average Bonchev–Trinajstić information content (AvgIpc) is 3.36. The Hall–Kier alpha value is -2.66. The van der Waals surface area contributed by atoms with E-state index >= 15 is 0 Å². The summed E-state index contributed by atoms with van der Waals surface area (Å²) in [6.45, 7) is 0.841. The number of rotatable bonds is 4. The van der Waals surface area contributed by atoms with Crippen LogP contribution in [0.5, 0.6) is 0 Å². The van der Waals surface area contributed by atoms with Gasteiger partial charge in [-0.25, -0.2) is 4.98 Å². The predicted molar refractivity (Wildman–Crippen MR) is 115 cm³/mol. The molecule has 28 heavy (non-hydrogen) atoms. The molecule has 1 atom stereocenters. The molecule has 142 valence electrons. The van der Waals surface area contributed by atoms with Crippen LogP contribution < -0.4 is 0 Å². The van der Waals surface area contributed by atoms with Crippen LogP contribution in [0.15, 0.2) is 54.7 Å². The number of carbonyl (C=O) groups excluding carboxylic acids is 1. The van der Waals surface area contributed by atoms with Gasteiger partial charge < -0.3 is 9.88 Å². The predicted octanol–water partition coefficient (Wildman–Crippen LogP) is 5.46. The number of aromatic amines is 1. The highest BCUT2D eigenvalue weighted by atomic mass is 32.1. The molecule has 1 N–H and O–H groups in total. The third-order valence-electron chi connectivity index (χ3n) is 5.70. The van der Waals surface area contributed by atoms with Crippen molar-refractivity contribution < 1.29 is 4.79 Å². The van der Waals surface area contributed by atoms with Gasteiger partial charge in [0.15, 0.2) is 0 Å². The van der Waals surface area contributed by atoms with Crippen molar-refractivity contribution in [1.82, 2.24) is 14.9 Å². The number of fused-ring (bicyclic) bond motifs is 2. The highest BCUT2D eigenvalue weighted by molar-refractivity contribution is 7.18. The van der Waals surface area contributed by atoms with Crippen molar-refractivity contribution in [3.8, 4) is 0 Å². The van der Waals surface area contributed by atoms with E-state index < -0.39 is 0 Å². The number of aromatic nitrogens is 2. The Kier molecular flexibility index (Phi) is 4.61. The molecule has 0 bridgehead atoms. The van der Waals surface area contributed by atoms with Crippen LogP contribution in [0, 0.1) is 0 Å². The summed E-state index contributed by atoms with van der Waals surface area (Å²) in [6.07, 6.45) is 6.61. The van der Waals surface area contributed by atoms with Gasteiger partial charge in [0.1, 0.15) is 5.01 Å². The number of aryl methyl sites for hydroxylation is 1. The molecule has 1 fully saturated rings. The zero-order valence-electron chi connectivity index (χ0n) is 15.7. The molecule has 4 nitrogen and oxygen atoms in total. The molecule has 1 aliphatic heterocycles. The van der Waals surface area contributed by atoms with Crippen molar-refractivity contribution >= 4 is 38.4 Å². The third-order valence-corrected chi connectivity index (χ3v) is 6.84. The van der Waals surface area contributed by atoms with E-state index in [9.17, 15) is 4.79 Å². The number of hydrogen-bond acceptors (Lipinski definition) is 3. The molecular weight excluding hydrogens is 366 g/mol. The van der Waals surface area contributed by atoms with Crippen molar-refractivity contribution in [2.45, 2.75) is 38.1 Å². The first-order valence-corrected chi connectivity index (χ1v) is 10.8. The van der Waals surface area contributed by atoms with Gasteiger partial charge in [-0.15, -0.1) is 11.3 Å². The molecular formula is C23H23N3OS. The van der Waals surface area contributed by atoms with Crippen molar-refractivity contribution in [3.63, 3.8) is 0 Å². The van der Waals surface area contributed by atoms with E-state index in [-0.39, 0.29) is 11.9 Å². The largest absolute Gasteiger partial charge is 0.361 e. The van der Waals surface area contributed by atoms with Crippen molar-refractivity contribution in [2.75, 3.05) is 6.54 Å². The van der Waals surface area contributed by atoms with Gasteiger partial charge in [0.05, 0.1) is 16.3 Å². The summed E-state index contributed by atoms with van der Waals surface area (Å²) in [7, 11) is 0. The van der Waals surface area contributed by atoms with E-state index in [1.165, 1.54) is 15.6 Å². The molecule has 2 aromatic carbocycles. The molecule has 0 spiro atoms. The number of nitrogens with zero attached hydrogens (tertiary/aromatic N) is 2. The van der Waals surface area contributed by atoms with Crippen LogP contribution in [0.2, 0.25) is 0 Å². The molecule has 5 heteroatoms. The van der Waals surface area contributed by atoms with E-state index in [1.54, 1.807) is 11.3 Å². The molecule has 1 aliphatic rings. The quantitative estimate of drug-likeness (QED) is 0.503. The maximum absolute atomic E-state index is 13.1. The number of H-pyrrole nitrogens is 1. The number of thiazole rings is 1. The highest BCUT2D eigenvalue weighted by Gasteiger charge is 2.30. The number of benzene rings is 2. The molecule has 0 unspecified atom stereocenters. The first-order chi connectivity index (χ1) is 13.8. The van der Waals surface area contributed by atoms with Crippen LogP contribution in [0.1, 0.15) is 42.3 Å². The summed E-state index contributed by atoms with van der Waals surface area (Å²) >= 11 is 1.73. The second-order valence-corrected chi connectivity index (χ2v) is 8.54. The average molecular weight is 390 g/mol. The summed E-state index contributed by atoms with van der Waals surface area (Å²) in [5.74, 6) is 0.245. The van der Waals surface area contributed by atoms with Crippen LogP contribution in [0.25, 0.3) is 21.1 Å². The summed E-state index contributed by atoms with van der Waals surface area (Å²) < 4.78 is 1.20. The summed E-state index contributed by atoms with van der Waals surface area (Å²) in [5.41, 5.74) is 3.40. The second-order valence-electron chi connectivity index (χ2n) is 7.48. The molecule has 0 radical (unpaired) electrons. The molecule has 0 saturated carbocycles. The lowest BCUT2D eigenvalue weighted by Gasteiger charge is -2.34. The van der Waals surface area contributed by atoms with E-state index in [0.717, 1.165) is 48.3 Å². The van der Waals surface area contributed by atoms with Gasteiger partial charge in [0, 0.05) is 30.1 Å². The lowest BCUT2D eigenvalue weighted by molar-refractivity contribution is -0.135. The van der Waals surface area contributed by atoms with E-state index in [2.05, 4.69) is 46.3 Å². The lowest BCUT2D eigenvalue weighted by atomic mass is 10.0. The third kappa shape index (κ3) is 3.20. The molecule has 0 aliphatic carbocycles. The van der Waals surface area contributed by atoms with Crippen molar-refractivity contribution in [1.29, 1.82) is 0 Å². The van der Waals surface area contributed by atoms with Crippen LogP contribution in [0.4, 0.5) is 0 Å². The molecule has 1 amide bonds. The maximum atomic E-state index is 13.1. The van der Waals surface area contributed by atoms with Crippen molar-refractivity contribution in [2.24, 2.45) is 0 Å². The number of nitrogens with one attached hydrogen (secondary N) is 1. The second kappa shape index (κ2) is 7.40. The Morgan fingerprint density at radius 1 is 1.14 bits per heavy atom. The van der Waals surface area contributed by atoms with Gasteiger partial charge >= 0.3 is 0 Å². The number of carbonyl (C=O) groups is 1. The van der Waals surface area contributed by atoms with E-state index in [4.69, 9.17) is 4.98 Å². The Morgan fingerprint density at radius 2 is 2.00 bits per heavy atom. The SMILES string of the molecule is O=C(CCc1c[nH]c2ccccc12)N1CCCC[C@H]1c1nc2ccccc2s1. The zero-order valence-corrected chi connectivity index (χ0v) is 16.5. The first kappa shape index (κ1) is 17.4. The van der Waals surface area contributed by atoms with Gasteiger partial charge in [-0.1, -0.05) is 30.3 Å². The lowest BCUT2D eigenvalue weighted by Crippen LogP contribution is -2.38. The van der Waals surface area contributed by atoms with E-state index in [1.807, 2.05) is 18.3 Å². The standard InChI is InChI=1S/C23H23N3OS/c27-22(13-12-16-15-24-18-8-2-1-7-17(16)18)26-14-6-5-10-20(26)23-25-19-9-3-4-11-21(19)28-23/h1-4,7-9,11,15,20,24H,5-6,10,12-14H2/t20-/m0/s1. The van der Waals surface area contributed by atoms with Crippen LogP contribution in [0.3, 0.4) is 0 Å².